The Bertz CT molecular complexity index is 295. The van der Waals surface area contributed by atoms with Gasteiger partial charge in [-0.2, -0.15) is 0 Å². The first kappa shape index (κ1) is 12.7. The van der Waals surface area contributed by atoms with Crippen LogP contribution in [0.5, 0.6) is 0 Å². The van der Waals surface area contributed by atoms with E-state index in [1.807, 2.05) is 13.0 Å². The zero-order valence-electron chi connectivity index (χ0n) is 9.66. The van der Waals surface area contributed by atoms with E-state index < -0.39 is 11.4 Å². The third kappa shape index (κ3) is 2.84. The number of unbranched alkanes of at least 4 members (excludes halogenated alkanes) is 1. The standard InChI is InChI=1S/C12H19NO3/c1-3-4-5-6-9(2)13-10(14)12(7-8-12)11(15)16/h3,9H,1,4-8H2,2H3,(H,13,14)(H,15,16). The Morgan fingerprint density at radius 3 is 2.62 bits per heavy atom. The van der Waals surface area contributed by atoms with Crippen LogP contribution in [0.1, 0.15) is 39.0 Å². The smallest absolute Gasteiger partial charge is 0.319 e. The fourth-order valence-electron chi connectivity index (χ4n) is 1.67. The summed E-state index contributed by atoms with van der Waals surface area (Å²) in [6, 6.07) is 0.0317. The number of hydrogen-bond acceptors (Lipinski definition) is 2. The first-order chi connectivity index (χ1) is 7.53. The number of hydrogen-bond donors (Lipinski definition) is 2. The number of carboxylic acid groups (broad SMARTS) is 1. The molecule has 1 saturated carbocycles. The largest absolute Gasteiger partial charge is 0.480 e. The van der Waals surface area contributed by atoms with Crippen LogP contribution in [0.2, 0.25) is 0 Å². The van der Waals surface area contributed by atoms with Gasteiger partial charge in [0.25, 0.3) is 0 Å². The zero-order valence-corrected chi connectivity index (χ0v) is 9.66. The normalized spacial score (nSPS) is 18.6. The molecule has 16 heavy (non-hydrogen) atoms. The number of carbonyl (C=O) groups excluding carboxylic acids is 1. The average molecular weight is 225 g/mol. The molecule has 1 fully saturated rings. The lowest BCUT2D eigenvalue weighted by Gasteiger charge is -2.16. The van der Waals surface area contributed by atoms with Gasteiger partial charge < -0.3 is 10.4 Å². The molecule has 0 aromatic carbocycles. The van der Waals surface area contributed by atoms with Gasteiger partial charge >= 0.3 is 5.97 Å². The molecule has 1 atom stereocenters. The Hall–Kier alpha value is -1.32. The minimum absolute atomic E-state index is 0.0317. The summed E-state index contributed by atoms with van der Waals surface area (Å²) in [7, 11) is 0. The molecule has 1 aliphatic carbocycles. The molecule has 1 unspecified atom stereocenters. The zero-order chi connectivity index (χ0) is 12.2. The molecule has 1 rings (SSSR count). The van der Waals surface area contributed by atoms with Crippen molar-refractivity contribution in [3.05, 3.63) is 12.7 Å². The first-order valence-corrected chi connectivity index (χ1v) is 5.68. The monoisotopic (exact) mass is 225 g/mol. The van der Waals surface area contributed by atoms with Crippen LogP contribution in [0.3, 0.4) is 0 Å². The minimum atomic E-state index is -1.12. The van der Waals surface area contributed by atoms with E-state index in [1.165, 1.54) is 0 Å². The highest BCUT2D eigenvalue weighted by Gasteiger charge is 2.57. The number of nitrogens with one attached hydrogen (secondary N) is 1. The topological polar surface area (TPSA) is 66.4 Å². The van der Waals surface area contributed by atoms with Crippen molar-refractivity contribution in [2.75, 3.05) is 0 Å². The summed E-state index contributed by atoms with van der Waals surface area (Å²) in [5, 5.41) is 11.7. The van der Waals surface area contributed by atoms with Gasteiger partial charge in [-0.15, -0.1) is 6.58 Å². The first-order valence-electron chi connectivity index (χ1n) is 5.68. The quantitative estimate of drug-likeness (QED) is 0.394. The summed E-state index contributed by atoms with van der Waals surface area (Å²) >= 11 is 0. The molecule has 4 heteroatoms. The molecular weight excluding hydrogens is 206 g/mol. The van der Waals surface area contributed by atoms with Crippen molar-refractivity contribution < 1.29 is 14.7 Å². The van der Waals surface area contributed by atoms with Gasteiger partial charge in [-0.05, 0) is 39.0 Å². The Kier molecular flexibility index (Phi) is 4.10. The van der Waals surface area contributed by atoms with Crippen molar-refractivity contribution in [2.24, 2.45) is 5.41 Å². The molecule has 1 aliphatic rings. The van der Waals surface area contributed by atoms with Gasteiger partial charge in [0.2, 0.25) is 5.91 Å². The van der Waals surface area contributed by atoms with Gasteiger partial charge in [-0.25, -0.2) is 0 Å². The Morgan fingerprint density at radius 2 is 2.19 bits per heavy atom. The summed E-state index contributed by atoms with van der Waals surface area (Å²) in [5.74, 6) is -1.32. The van der Waals surface area contributed by atoms with Crippen LogP contribution in [0.25, 0.3) is 0 Å². The predicted molar refractivity (Wildman–Crippen MR) is 61.0 cm³/mol. The molecule has 0 saturated heterocycles. The fourth-order valence-corrected chi connectivity index (χ4v) is 1.67. The van der Waals surface area contributed by atoms with Gasteiger partial charge in [-0.1, -0.05) is 6.08 Å². The second kappa shape index (κ2) is 5.14. The van der Waals surface area contributed by atoms with Crippen molar-refractivity contribution >= 4 is 11.9 Å². The van der Waals surface area contributed by atoms with Crippen LogP contribution in [-0.2, 0) is 9.59 Å². The maximum Gasteiger partial charge on any atom is 0.319 e. The summed E-state index contributed by atoms with van der Waals surface area (Å²) < 4.78 is 0. The maximum absolute atomic E-state index is 11.7. The second-order valence-corrected chi connectivity index (χ2v) is 4.48. The van der Waals surface area contributed by atoms with Gasteiger partial charge in [0, 0.05) is 6.04 Å². The van der Waals surface area contributed by atoms with E-state index in [9.17, 15) is 9.59 Å². The predicted octanol–water partition coefficient (Wildman–Crippen LogP) is 1.71. The van der Waals surface area contributed by atoms with Gasteiger partial charge in [-0.3, -0.25) is 9.59 Å². The van der Waals surface area contributed by atoms with Crippen LogP contribution in [0.4, 0.5) is 0 Å². The van der Waals surface area contributed by atoms with E-state index in [2.05, 4.69) is 11.9 Å². The van der Waals surface area contributed by atoms with Crippen LogP contribution in [0.15, 0.2) is 12.7 Å². The number of amides is 1. The van der Waals surface area contributed by atoms with E-state index in [4.69, 9.17) is 5.11 Å². The lowest BCUT2D eigenvalue weighted by molar-refractivity contribution is -0.149. The molecule has 4 nitrogen and oxygen atoms in total. The van der Waals surface area contributed by atoms with E-state index in [1.54, 1.807) is 0 Å². The van der Waals surface area contributed by atoms with Crippen molar-refractivity contribution in [2.45, 2.75) is 45.1 Å². The summed E-state index contributed by atoms with van der Waals surface area (Å²) in [4.78, 5) is 22.6. The van der Waals surface area contributed by atoms with Crippen molar-refractivity contribution in [1.82, 2.24) is 5.32 Å². The third-order valence-electron chi connectivity index (χ3n) is 3.02. The number of aliphatic carboxylic acids is 1. The number of carbonyl (C=O) groups is 2. The third-order valence-corrected chi connectivity index (χ3v) is 3.02. The SMILES string of the molecule is C=CCCCC(C)NC(=O)C1(C(=O)O)CC1. The molecule has 0 heterocycles. The Balaban J connectivity index is 2.34. The fraction of sp³-hybridized carbons (Fsp3) is 0.667. The van der Waals surface area contributed by atoms with Gasteiger partial charge in [0.15, 0.2) is 0 Å². The van der Waals surface area contributed by atoms with Crippen molar-refractivity contribution in [1.29, 1.82) is 0 Å². The molecule has 0 aromatic heterocycles. The highest BCUT2D eigenvalue weighted by atomic mass is 16.4. The Morgan fingerprint density at radius 1 is 1.56 bits per heavy atom. The highest BCUT2D eigenvalue weighted by molar-refractivity contribution is 6.04. The molecule has 0 radical (unpaired) electrons. The molecule has 0 aromatic rings. The van der Waals surface area contributed by atoms with Gasteiger partial charge in [0.05, 0.1) is 0 Å². The van der Waals surface area contributed by atoms with E-state index in [0.29, 0.717) is 12.8 Å². The number of allylic oxidation sites excluding steroid dienone is 1. The second-order valence-electron chi connectivity index (χ2n) is 4.48. The van der Waals surface area contributed by atoms with Crippen molar-refractivity contribution in [3.8, 4) is 0 Å². The molecule has 1 amide bonds. The highest BCUT2D eigenvalue weighted by Crippen LogP contribution is 2.46. The molecule has 0 aliphatic heterocycles. The molecular formula is C12H19NO3. The number of carboxylic acids is 1. The Labute approximate surface area is 95.7 Å². The minimum Gasteiger partial charge on any atom is -0.480 e. The molecule has 90 valence electrons. The lowest BCUT2D eigenvalue weighted by Crippen LogP contribution is -2.41. The lowest BCUT2D eigenvalue weighted by atomic mass is 10.1. The van der Waals surface area contributed by atoms with Crippen LogP contribution in [-0.4, -0.2) is 23.0 Å². The van der Waals surface area contributed by atoms with E-state index >= 15 is 0 Å². The molecule has 0 spiro atoms. The molecule has 2 N–H and O–H groups in total. The summed E-state index contributed by atoms with van der Waals surface area (Å²) in [6.07, 6.45) is 5.51. The van der Waals surface area contributed by atoms with E-state index in [0.717, 1.165) is 19.3 Å². The van der Waals surface area contributed by atoms with Crippen LogP contribution >= 0.6 is 0 Å². The average Bonchev–Trinajstić information content (AvgIpc) is 2.98. The summed E-state index contributed by atoms with van der Waals surface area (Å²) in [6.45, 7) is 5.53. The summed E-state index contributed by atoms with van der Waals surface area (Å²) in [5.41, 5.74) is -1.12. The van der Waals surface area contributed by atoms with Crippen molar-refractivity contribution in [3.63, 3.8) is 0 Å². The van der Waals surface area contributed by atoms with Gasteiger partial charge in [0.1, 0.15) is 5.41 Å². The molecule has 0 bridgehead atoms. The van der Waals surface area contributed by atoms with E-state index in [-0.39, 0.29) is 11.9 Å². The number of rotatable bonds is 7. The van der Waals surface area contributed by atoms with Crippen LogP contribution < -0.4 is 5.32 Å². The maximum atomic E-state index is 11.7. The van der Waals surface area contributed by atoms with Crippen LogP contribution in [0, 0.1) is 5.41 Å².